The summed E-state index contributed by atoms with van der Waals surface area (Å²) in [5.74, 6) is -0.166. The molecule has 0 heterocycles. The second-order valence-corrected chi connectivity index (χ2v) is 8.46. The van der Waals surface area contributed by atoms with E-state index in [0.29, 0.717) is 6.54 Å². The molecule has 3 N–H and O–H groups in total. The second kappa shape index (κ2) is 5.42. The van der Waals surface area contributed by atoms with Crippen LogP contribution in [0.3, 0.4) is 0 Å². The minimum absolute atomic E-state index is 0.118. The molecule has 0 aromatic heterocycles. The normalized spacial score (nSPS) is 19.6. The number of carbonyl (C=O) groups excluding carboxylic acids is 1. The lowest BCUT2D eigenvalue weighted by molar-refractivity contribution is -0.126. The van der Waals surface area contributed by atoms with Gasteiger partial charge in [-0.3, -0.25) is 4.79 Å². The number of nitrogens with two attached hydrogens (primary N) is 1. The van der Waals surface area contributed by atoms with Crippen LogP contribution < -0.4 is 11.1 Å². The summed E-state index contributed by atoms with van der Waals surface area (Å²) in [5.41, 5.74) is 5.44. The SMILES string of the molecule is CC(N)(C(=O)NCC1(CS(C)(=O)=O)CC1)c1ccccc1. The molecule has 1 amide bonds. The zero-order chi connectivity index (χ0) is 15.7. The Morgan fingerprint density at radius 2 is 1.90 bits per heavy atom. The Labute approximate surface area is 125 Å². The summed E-state index contributed by atoms with van der Waals surface area (Å²) in [6.45, 7) is 2.02. The fourth-order valence-electron chi connectivity index (χ4n) is 2.47. The molecule has 1 aliphatic rings. The average molecular weight is 310 g/mol. The molecule has 5 nitrogen and oxygen atoms in total. The minimum Gasteiger partial charge on any atom is -0.354 e. The maximum Gasteiger partial charge on any atom is 0.244 e. The van der Waals surface area contributed by atoms with Crippen molar-refractivity contribution >= 4 is 15.7 Å². The van der Waals surface area contributed by atoms with E-state index in [1.165, 1.54) is 6.26 Å². The van der Waals surface area contributed by atoms with Gasteiger partial charge in [0.25, 0.3) is 0 Å². The number of rotatable bonds is 6. The first-order valence-corrected chi connectivity index (χ1v) is 9.01. The summed E-state index contributed by atoms with van der Waals surface area (Å²) in [4.78, 5) is 12.3. The predicted molar refractivity (Wildman–Crippen MR) is 82.4 cm³/mol. The molecule has 0 aliphatic heterocycles. The van der Waals surface area contributed by atoms with Gasteiger partial charge >= 0.3 is 0 Å². The van der Waals surface area contributed by atoms with E-state index in [0.717, 1.165) is 18.4 Å². The van der Waals surface area contributed by atoms with Gasteiger partial charge in [0, 0.05) is 18.2 Å². The number of sulfone groups is 1. The number of hydrogen-bond donors (Lipinski definition) is 2. The van der Waals surface area contributed by atoms with E-state index in [-0.39, 0.29) is 17.1 Å². The van der Waals surface area contributed by atoms with E-state index in [2.05, 4.69) is 5.32 Å². The summed E-state index contributed by atoms with van der Waals surface area (Å²) in [5, 5.41) is 2.82. The maximum absolute atomic E-state index is 12.3. The minimum atomic E-state index is -3.04. The molecular formula is C15H22N2O3S. The highest BCUT2D eigenvalue weighted by Gasteiger charge is 2.46. The Kier molecular flexibility index (Phi) is 4.13. The molecule has 0 bridgehead atoms. The Hall–Kier alpha value is -1.40. The summed E-state index contributed by atoms with van der Waals surface area (Å²) in [6.07, 6.45) is 2.88. The van der Waals surface area contributed by atoms with Crippen molar-refractivity contribution in [2.75, 3.05) is 18.6 Å². The Morgan fingerprint density at radius 3 is 2.38 bits per heavy atom. The van der Waals surface area contributed by atoms with Gasteiger partial charge in [0.2, 0.25) is 5.91 Å². The van der Waals surface area contributed by atoms with Crippen molar-refractivity contribution in [3.8, 4) is 0 Å². The number of benzene rings is 1. The molecule has 1 aromatic rings. The molecule has 1 aromatic carbocycles. The summed E-state index contributed by atoms with van der Waals surface area (Å²) < 4.78 is 22.8. The number of carbonyl (C=O) groups is 1. The van der Waals surface area contributed by atoms with Crippen LogP contribution in [0.5, 0.6) is 0 Å². The first kappa shape index (κ1) is 16.0. The largest absolute Gasteiger partial charge is 0.354 e. The third-order valence-electron chi connectivity index (χ3n) is 3.99. The lowest BCUT2D eigenvalue weighted by atomic mass is 9.92. The van der Waals surface area contributed by atoms with Crippen molar-refractivity contribution in [3.05, 3.63) is 35.9 Å². The van der Waals surface area contributed by atoms with Crippen LogP contribution in [-0.2, 0) is 20.2 Å². The van der Waals surface area contributed by atoms with Crippen LogP contribution in [0.25, 0.3) is 0 Å². The van der Waals surface area contributed by atoms with Crippen LogP contribution in [0.1, 0.15) is 25.3 Å². The third kappa shape index (κ3) is 4.04. The van der Waals surface area contributed by atoms with Crippen LogP contribution in [0.4, 0.5) is 0 Å². The van der Waals surface area contributed by atoms with Crippen molar-refractivity contribution < 1.29 is 13.2 Å². The molecule has 1 aliphatic carbocycles. The van der Waals surface area contributed by atoms with Crippen molar-refractivity contribution in [1.82, 2.24) is 5.32 Å². The summed E-state index contributed by atoms with van der Waals surface area (Å²) in [7, 11) is -3.04. The van der Waals surface area contributed by atoms with Gasteiger partial charge in [-0.15, -0.1) is 0 Å². The molecule has 1 fully saturated rings. The van der Waals surface area contributed by atoms with Gasteiger partial charge in [-0.1, -0.05) is 30.3 Å². The van der Waals surface area contributed by atoms with Gasteiger partial charge in [0.15, 0.2) is 0 Å². The lowest BCUT2D eigenvalue weighted by Crippen LogP contribution is -2.50. The Balaban J connectivity index is 1.99. The van der Waals surface area contributed by atoms with Crippen molar-refractivity contribution in [1.29, 1.82) is 0 Å². The first-order valence-electron chi connectivity index (χ1n) is 6.95. The smallest absolute Gasteiger partial charge is 0.244 e. The van der Waals surface area contributed by atoms with Crippen molar-refractivity contribution in [2.24, 2.45) is 11.1 Å². The molecule has 1 atom stereocenters. The first-order chi connectivity index (χ1) is 9.65. The predicted octanol–water partition coefficient (Wildman–Crippen LogP) is 0.802. The Bertz CT molecular complexity index is 620. The average Bonchev–Trinajstić information content (AvgIpc) is 3.14. The van der Waals surface area contributed by atoms with Gasteiger partial charge in [-0.05, 0) is 25.3 Å². The van der Waals surface area contributed by atoms with Crippen LogP contribution in [-0.4, -0.2) is 32.9 Å². The zero-order valence-corrected chi connectivity index (χ0v) is 13.2. The monoisotopic (exact) mass is 310 g/mol. The molecule has 0 radical (unpaired) electrons. The fraction of sp³-hybridized carbons (Fsp3) is 0.533. The lowest BCUT2D eigenvalue weighted by Gasteiger charge is -2.25. The second-order valence-electron chi connectivity index (χ2n) is 6.32. The van der Waals surface area contributed by atoms with Crippen LogP contribution in [0, 0.1) is 5.41 Å². The molecule has 0 spiro atoms. The highest BCUT2D eigenvalue weighted by atomic mass is 32.2. The molecular weight excluding hydrogens is 288 g/mol. The van der Waals surface area contributed by atoms with Crippen molar-refractivity contribution in [2.45, 2.75) is 25.3 Å². The van der Waals surface area contributed by atoms with Crippen molar-refractivity contribution in [3.63, 3.8) is 0 Å². The van der Waals surface area contributed by atoms with Crippen LogP contribution in [0.15, 0.2) is 30.3 Å². The maximum atomic E-state index is 12.3. The molecule has 21 heavy (non-hydrogen) atoms. The number of nitrogens with one attached hydrogen (secondary N) is 1. The van der Waals surface area contributed by atoms with Gasteiger partial charge in [0.1, 0.15) is 15.4 Å². The molecule has 0 saturated heterocycles. The van der Waals surface area contributed by atoms with Gasteiger partial charge < -0.3 is 11.1 Å². The highest BCUT2D eigenvalue weighted by molar-refractivity contribution is 7.90. The summed E-state index contributed by atoms with van der Waals surface area (Å²) in [6, 6.07) is 9.15. The molecule has 2 rings (SSSR count). The third-order valence-corrected chi connectivity index (χ3v) is 5.13. The standard InChI is InChI=1S/C15H22N2O3S/c1-14(16,12-6-4-3-5-7-12)13(18)17-10-15(8-9-15)11-21(2,19)20/h3-7H,8-11,16H2,1-2H3,(H,17,18). The number of amides is 1. The van der Waals surface area contributed by atoms with Crippen LogP contribution >= 0.6 is 0 Å². The fourth-order valence-corrected chi connectivity index (χ4v) is 3.98. The van der Waals surface area contributed by atoms with Gasteiger partial charge in [-0.2, -0.15) is 0 Å². The van der Waals surface area contributed by atoms with E-state index in [1.54, 1.807) is 6.92 Å². The molecule has 1 unspecified atom stereocenters. The van der Waals surface area contributed by atoms with E-state index in [4.69, 9.17) is 5.73 Å². The Morgan fingerprint density at radius 1 is 1.33 bits per heavy atom. The molecule has 1 saturated carbocycles. The van der Waals surface area contributed by atoms with E-state index >= 15 is 0 Å². The number of hydrogen-bond acceptors (Lipinski definition) is 4. The van der Waals surface area contributed by atoms with E-state index in [9.17, 15) is 13.2 Å². The van der Waals surface area contributed by atoms with E-state index in [1.807, 2.05) is 30.3 Å². The quantitative estimate of drug-likeness (QED) is 0.813. The van der Waals surface area contributed by atoms with Crippen LogP contribution in [0.2, 0.25) is 0 Å². The van der Waals surface area contributed by atoms with Gasteiger partial charge in [-0.25, -0.2) is 8.42 Å². The van der Waals surface area contributed by atoms with E-state index < -0.39 is 15.4 Å². The summed E-state index contributed by atoms with van der Waals surface area (Å²) >= 11 is 0. The molecule has 6 heteroatoms. The topological polar surface area (TPSA) is 89.3 Å². The highest BCUT2D eigenvalue weighted by Crippen LogP contribution is 2.46. The zero-order valence-electron chi connectivity index (χ0n) is 12.4. The van der Waals surface area contributed by atoms with Gasteiger partial charge in [0.05, 0.1) is 5.75 Å². The molecule has 116 valence electrons.